The molecule has 1 atom stereocenters. The smallest absolute Gasteiger partial charge is 0.325 e. The van der Waals surface area contributed by atoms with Gasteiger partial charge in [0.1, 0.15) is 11.6 Å². The van der Waals surface area contributed by atoms with Gasteiger partial charge in [-0.25, -0.2) is 9.69 Å². The average molecular weight is 333 g/mol. The molecule has 0 radical (unpaired) electrons. The fourth-order valence-electron chi connectivity index (χ4n) is 3.05. The van der Waals surface area contributed by atoms with Crippen LogP contribution in [-0.2, 0) is 9.59 Å². The molecule has 1 spiro atoms. The third-order valence-electron chi connectivity index (χ3n) is 4.32. The summed E-state index contributed by atoms with van der Waals surface area (Å²) in [6.45, 7) is 2.93. The summed E-state index contributed by atoms with van der Waals surface area (Å²) in [5.41, 5.74) is -0.752. The molecule has 1 saturated heterocycles. The Hall–Kier alpha value is -1.34. The second kappa shape index (κ2) is 7.78. The lowest BCUT2D eigenvalue weighted by atomic mass is 9.97. The van der Waals surface area contributed by atoms with Gasteiger partial charge in [-0.05, 0) is 39.8 Å². The first kappa shape index (κ1) is 18.7. The molecule has 0 bridgehead atoms. The van der Waals surface area contributed by atoms with Crippen LogP contribution in [-0.4, -0.2) is 54.5 Å². The number of nitrogens with one attached hydrogen (secondary N) is 3. The summed E-state index contributed by atoms with van der Waals surface area (Å²) in [4.78, 5) is 37.8. The van der Waals surface area contributed by atoms with Crippen molar-refractivity contribution in [1.29, 1.82) is 0 Å². The number of carbonyl (C=O) groups excluding carboxylic acids is 3. The molecule has 2 rings (SSSR count). The second-order valence-corrected chi connectivity index (χ2v) is 5.82. The maximum atomic E-state index is 12.5. The van der Waals surface area contributed by atoms with Gasteiger partial charge < -0.3 is 16.0 Å². The quantitative estimate of drug-likeness (QED) is 0.485. The molecule has 1 unspecified atom stereocenters. The van der Waals surface area contributed by atoms with Crippen molar-refractivity contribution >= 4 is 30.3 Å². The molecule has 1 aliphatic heterocycles. The number of carbonyl (C=O) groups is 3. The van der Waals surface area contributed by atoms with Gasteiger partial charge in [-0.15, -0.1) is 12.4 Å². The molecule has 1 heterocycles. The number of nitrogens with zero attached hydrogens (tertiary/aromatic N) is 1. The monoisotopic (exact) mass is 332 g/mol. The van der Waals surface area contributed by atoms with E-state index in [1.54, 1.807) is 6.92 Å². The first-order valence-electron chi connectivity index (χ1n) is 7.60. The van der Waals surface area contributed by atoms with Crippen LogP contribution in [0.4, 0.5) is 4.79 Å². The van der Waals surface area contributed by atoms with Crippen molar-refractivity contribution in [3.05, 3.63) is 0 Å². The Labute approximate surface area is 137 Å². The molecule has 0 aromatic heterocycles. The molecule has 22 heavy (non-hydrogen) atoms. The Bertz CT molecular complexity index is 438. The lowest BCUT2D eigenvalue weighted by molar-refractivity contribution is -0.137. The Morgan fingerprint density at radius 2 is 1.95 bits per heavy atom. The van der Waals surface area contributed by atoms with E-state index >= 15 is 0 Å². The van der Waals surface area contributed by atoms with Crippen LogP contribution in [0.25, 0.3) is 0 Å². The van der Waals surface area contributed by atoms with Crippen LogP contribution in [0.15, 0.2) is 0 Å². The molecule has 1 aliphatic carbocycles. The van der Waals surface area contributed by atoms with Gasteiger partial charge in [-0.2, -0.15) is 0 Å². The van der Waals surface area contributed by atoms with Gasteiger partial charge >= 0.3 is 6.03 Å². The summed E-state index contributed by atoms with van der Waals surface area (Å²) in [5.74, 6) is -0.535. The molecule has 2 fully saturated rings. The largest absolute Gasteiger partial charge is 0.354 e. The second-order valence-electron chi connectivity index (χ2n) is 5.82. The van der Waals surface area contributed by atoms with Gasteiger partial charge in [0.05, 0.1) is 0 Å². The normalized spacial score (nSPS) is 20.7. The molecule has 0 aromatic carbocycles. The SMILES string of the molecule is CNCCCNC(=O)C(C)N1C(=O)NC2(CCCC2)C1=O.Cl. The highest BCUT2D eigenvalue weighted by molar-refractivity contribution is 6.09. The Balaban J connectivity index is 0.00000242. The number of rotatable bonds is 6. The Kier molecular flexibility index (Phi) is 6.62. The van der Waals surface area contributed by atoms with Crippen molar-refractivity contribution < 1.29 is 14.4 Å². The number of hydrogen-bond acceptors (Lipinski definition) is 4. The number of amides is 4. The first-order valence-corrected chi connectivity index (χ1v) is 7.60. The predicted molar refractivity (Wildman–Crippen MR) is 84.8 cm³/mol. The van der Waals surface area contributed by atoms with E-state index < -0.39 is 17.6 Å². The number of imide groups is 1. The minimum atomic E-state index is -0.771. The minimum Gasteiger partial charge on any atom is -0.354 e. The van der Waals surface area contributed by atoms with Crippen LogP contribution in [0.1, 0.15) is 39.0 Å². The zero-order valence-corrected chi connectivity index (χ0v) is 13.9. The molecule has 1 saturated carbocycles. The van der Waals surface area contributed by atoms with E-state index in [9.17, 15) is 14.4 Å². The zero-order valence-electron chi connectivity index (χ0n) is 13.1. The minimum absolute atomic E-state index is 0. The third kappa shape index (κ3) is 3.52. The van der Waals surface area contributed by atoms with Crippen LogP contribution in [0.2, 0.25) is 0 Å². The molecular formula is C14H25ClN4O3. The van der Waals surface area contributed by atoms with Crippen LogP contribution in [0.3, 0.4) is 0 Å². The summed E-state index contributed by atoms with van der Waals surface area (Å²) in [6.07, 6.45) is 4.02. The molecule has 4 amide bonds. The summed E-state index contributed by atoms with van der Waals surface area (Å²) in [7, 11) is 1.85. The highest BCUT2D eigenvalue weighted by Crippen LogP contribution is 2.35. The third-order valence-corrected chi connectivity index (χ3v) is 4.32. The van der Waals surface area contributed by atoms with Gasteiger partial charge in [0.15, 0.2) is 0 Å². The van der Waals surface area contributed by atoms with Crippen molar-refractivity contribution in [2.45, 2.75) is 50.6 Å². The van der Waals surface area contributed by atoms with E-state index in [2.05, 4.69) is 16.0 Å². The summed E-state index contributed by atoms with van der Waals surface area (Å²) < 4.78 is 0. The van der Waals surface area contributed by atoms with Gasteiger partial charge in [-0.3, -0.25) is 9.59 Å². The molecular weight excluding hydrogens is 308 g/mol. The zero-order chi connectivity index (χ0) is 15.5. The van der Waals surface area contributed by atoms with Gasteiger partial charge in [0, 0.05) is 6.54 Å². The van der Waals surface area contributed by atoms with Crippen molar-refractivity contribution in [2.24, 2.45) is 0 Å². The Morgan fingerprint density at radius 1 is 1.32 bits per heavy atom. The van der Waals surface area contributed by atoms with E-state index in [0.29, 0.717) is 19.4 Å². The molecule has 126 valence electrons. The van der Waals surface area contributed by atoms with Crippen LogP contribution in [0.5, 0.6) is 0 Å². The summed E-state index contributed by atoms with van der Waals surface area (Å²) in [5, 5.41) is 8.54. The number of hydrogen-bond donors (Lipinski definition) is 3. The van der Waals surface area contributed by atoms with Crippen LogP contribution in [0, 0.1) is 0 Å². The maximum absolute atomic E-state index is 12.5. The van der Waals surface area contributed by atoms with Gasteiger partial charge in [0.2, 0.25) is 5.91 Å². The molecule has 8 heteroatoms. The van der Waals surface area contributed by atoms with Crippen molar-refractivity contribution in [1.82, 2.24) is 20.9 Å². The average Bonchev–Trinajstić information content (AvgIpc) is 3.01. The molecule has 2 aliphatic rings. The molecule has 3 N–H and O–H groups in total. The molecule has 7 nitrogen and oxygen atoms in total. The van der Waals surface area contributed by atoms with Crippen molar-refractivity contribution in [3.8, 4) is 0 Å². The highest BCUT2D eigenvalue weighted by Gasteiger charge is 2.54. The predicted octanol–water partition coefficient (Wildman–Crippen LogP) is 0.387. The van der Waals surface area contributed by atoms with E-state index in [1.807, 2.05) is 7.05 Å². The van der Waals surface area contributed by atoms with Crippen LogP contribution < -0.4 is 16.0 Å². The summed E-state index contributed by atoms with van der Waals surface area (Å²) >= 11 is 0. The van der Waals surface area contributed by atoms with Crippen molar-refractivity contribution in [2.75, 3.05) is 20.1 Å². The number of halogens is 1. The fraction of sp³-hybridized carbons (Fsp3) is 0.786. The highest BCUT2D eigenvalue weighted by atomic mass is 35.5. The summed E-state index contributed by atoms with van der Waals surface area (Å²) in [6, 6.07) is -1.22. The van der Waals surface area contributed by atoms with E-state index in [0.717, 1.165) is 30.7 Å². The first-order chi connectivity index (χ1) is 10.0. The molecule has 0 aromatic rings. The standard InChI is InChI=1S/C14H24N4O3.ClH/c1-10(11(19)16-9-5-8-15-2)18-12(20)14(17-13(18)21)6-3-4-7-14;/h10,15H,3-9H2,1-2H3,(H,16,19)(H,17,21);1H. The lowest BCUT2D eigenvalue weighted by Gasteiger charge is -2.23. The lowest BCUT2D eigenvalue weighted by Crippen LogP contribution is -2.50. The number of urea groups is 1. The topological polar surface area (TPSA) is 90.5 Å². The van der Waals surface area contributed by atoms with Gasteiger partial charge in [0.25, 0.3) is 5.91 Å². The van der Waals surface area contributed by atoms with Gasteiger partial charge in [-0.1, -0.05) is 12.8 Å². The Morgan fingerprint density at radius 3 is 2.55 bits per heavy atom. The van der Waals surface area contributed by atoms with Crippen LogP contribution >= 0.6 is 12.4 Å². The fourth-order valence-corrected chi connectivity index (χ4v) is 3.05. The van der Waals surface area contributed by atoms with E-state index in [4.69, 9.17) is 0 Å². The van der Waals surface area contributed by atoms with Crippen molar-refractivity contribution in [3.63, 3.8) is 0 Å². The van der Waals surface area contributed by atoms with E-state index in [1.165, 1.54) is 0 Å². The maximum Gasteiger partial charge on any atom is 0.325 e. The van der Waals surface area contributed by atoms with E-state index in [-0.39, 0.29) is 24.2 Å².